The second kappa shape index (κ2) is 7.96. The van der Waals surface area contributed by atoms with Crippen LogP contribution >= 0.6 is 0 Å². The van der Waals surface area contributed by atoms with Crippen molar-refractivity contribution in [1.82, 2.24) is 9.97 Å². The normalized spacial score (nSPS) is 13.8. The van der Waals surface area contributed by atoms with E-state index in [0.29, 0.717) is 18.8 Å². The van der Waals surface area contributed by atoms with E-state index in [9.17, 15) is 4.79 Å². The van der Waals surface area contributed by atoms with Gasteiger partial charge in [0.2, 0.25) is 0 Å². The van der Waals surface area contributed by atoms with Gasteiger partial charge in [-0.25, -0.2) is 4.98 Å². The average molecular weight is 340 g/mol. The first-order valence-electron chi connectivity index (χ1n) is 8.84. The van der Waals surface area contributed by atoms with E-state index < -0.39 is 0 Å². The number of carbonyl (C=O) groups excluding carboxylic acids is 1. The number of aromatic nitrogens is 2. The molecule has 0 saturated carbocycles. The first-order chi connectivity index (χ1) is 12.2. The van der Waals surface area contributed by atoms with Gasteiger partial charge in [-0.15, -0.1) is 0 Å². The van der Waals surface area contributed by atoms with E-state index in [4.69, 9.17) is 4.74 Å². The Hall–Kier alpha value is -2.63. The average Bonchev–Trinajstić information content (AvgIpc) is 3.19. The first kappa shape index (κ1) is 17.2. The zero-order chi connectivity index (χ0) is 17.6. The Morgan fingerprint density at radius 3 is 2.52 bits per heavy atom. The molecule has 1 fully saturated rings. The summed E-state index contributed by atoms with van der Waals surface area (Å²) in [6.45, 7) is 7.02. The first-order valence-corrected chi connectivity index (χ1v) is 8.84. The molecule has 1 saturated heterocycles. The highest BCUT2D eigenvalue weighted by Gasteiger charge is 2.20. The number of benzene rings is 1. The maximum Gasteiger partial charge on any atom is 0.278 e. The van der Waals surface area contributed by atoms with Crippen molar-refractivity contribution in [3.8, 4) is 5.75 Å². The minimum atomic E-state index is -0.139. The summed E-state index contributed by atoms with van der Waals surface area (Å²) in [6.07, 6.45) is 5.59. The fourth-order valence-electron chi connectivity index (χ4n) is 3.03. The highest BCUT2D eigenvalue weighted by atomic mass is 16.5. The van der Waals surface area contributed by atoms with Gasteiger partial charge in [0.15, 0.2) is 0 Å². The van der Waals surface area contributed by atoms with Crippen LogP contribution in [-0.2, 0) is 0 Å². The van der Waals surface area contributed by atoms with Crippen molar-refractivity contribution in [2.24, 2.45) is 0 Å². The lowest BCUT2D eigenvalue weighted by Gasteiger charge is -2.22. The van der Waals surface area contributed by atoms with E-state index in [-0.39, 0.29) is 5.91 Å². The molecule has 6 heteroatoms. The zero-order valence-corrected chi connectivity index (χ0v) is 14.8. The largest absolute Gasteiger partial charge is 0.494 e. The Morgan fingerprint density at radius 2 is 1.88 bits per heavy atom. The number of hydrogen-bond acceptors (Lipinski definition) is 5. The summed E-state index contributed by atoms with van der Waals surface area (Å²) in [7, 11) is 0. The molecule has 0 atom stereocenters. The van der Waals surface area contributed by atoms with E-state index in [2.05, 4.69) is 14.9 Å². The maximum absolute atomic E-state index is 12.9. The van der Waals surface area contributed by atoms with E-state index in [0.717, 1.165) is 43.2 Å². The molecule has 6 nitrogen and oxygen atoms in total. The van der Waals surface area contributed by atoms with Gasteiger partial charge < -0.3 is 14.5 Å². The summed E-state index contributed by atoms with van der Waals surface area (Å²) in [5, 5.41) is 0. The number of carbonyl (C=O) groups is 1. The highest BCUT2D eigenvalue weighted by Crippen LogP contribution is 2.22. The molecule has 1 amide bonds. The van der Waals surface area contributed by atoms with Gasteiger partial charge in [-0.1, -0.05) is 0 Å². The zero-order valence-electron chi connectivity index (χ0n) is 14.8. The maximum atomic E-state index is 12.9. The molecule has 0 radical (unpaired) electrons. The molecule has 0 aliphatic carbocycles. The molecule has 0 spiro atoms. The second-order valence-corrected chi connectivity index (χ2v) is 5.93. The standard InChI is InChI=1S/C19H24N4O2/c1-3-23(15-7-9-16(10-8-15)25-4-2)19(24)17-13-20-14-18(21-17)22-11-5-6-12-22/h7-10,13-14H,3-6,11-12H2,1-2H3. The van der Waals surface area contributed by atoms with Gasteiger partial charge in [0, 0.05) is 25.3 Å². The Balaban J connectivity index is 1.80. The van der Waals surface area contributed by atoms with Crippen molar-refractivity contribution in [2.45, 2.75) is 26.7 Å². The van der Waals surface area contributed by atoms with Gasteiger partial charge in [0.25, 0.3) is 5.91 Å². The number of amides is 1. The molecule has 25 heavy (non-hydrogen) atoms. The van der Waals surface area contributed by atoms with E-state index >= 15 is 0 Å². The number of nitrogens with zero attached hydrogens (tertiary/aromatic N) is 4. The van der Waals surface area contributed by atoms with Gasteiger partial charge in [0.05, 0.1) is 19.0 Å². The molecule has 132 valence electrons. The Bertz CT molecular complexity index is 712. The number of hydrogen-bond donors (Lipinski definition) is 0. The van der Waals surface area contributed by atoms with Gasteiger partial charge in [-0.05, 0) is 51.0 Å². The summed E-state index contributed by atoms with van der Waals surface area (Å²) in [6, 6.07) is 7.54. The smallest absolute Gasteiger partial charge is 0.278 e. The lowest BCUT2D eigenvalue weighted by molar-refractivity contribution is 0.0983. The van der Waals surface area contributed by atoms with Crippen molar-refractivity contribution in [2.75, 3.05) is 36.0 Å². The predicted molar refractivity (Wildman–Crippen MR) is 98.4 cm³/mol. The minimum absolute atomic E-state index is 0.139. The van der Waals surface area contributed by atoms with Gasteiger partial charge in [0.1, 0.15) is 17.3 Å². The Morgan fingerprint density at radius 1 is 1.16 bits per heavy atom. The third kappa shape index (κ3) is 3.90. The molecular formula is C19H24N4O2. The quantitative estimate of drug-likeness (QED) is 0.808. The molecule has 0 N–H and O–H groups in total. The lowest BCUT2D eigenvalue weighted by Crippen LogP contribution is -2.32. The molecular weight excluding hydrogens is 316 g/mol. The van der Waals surface area contributed by atoms with Crippen molar-refractivity contribution < 1.29 is 9.53 Å². The fraction of sp³-hybridized carbons (Fsp3) is 0.421. The van der Waals surface area contributed by atoms with Crippen LogP contribution in [0.25, 0.3) is 0 Å². The van der Waals surface area contributed by atoms with Crippen LogP contribution in [0.5, 0.6) is 5.75 Å². The minimum Gasteiger partial charge on any atom is -0.494 e. The summed E-state index contributed by atoms with van der Waals surface area (Å²) < 4.78 is 5.46. The van der Waals surface area contributed by atoms with Crippen LogP contribution in [0.2, 0.25) is 0 Å². The van der Waals surface area contributed by atoms with Gasteiger partial charge >= 0.3 is 0 Å². The molecule has 1 aliphatic heterocycles. The van der Waals surface area contributed by atoms with Crippen LogP contribution < -0.4 is 14.5 Å². The monoisotopic (exact) mass is 340 g/mol. The molecule has 3 rings (SSSR count). The molecule has 1 aromatic carbocycles. The van der Waals surface area contributed by atoms with Crippen molar-refractivity contribution in [3.63, 3.8) is 0 Å². The number of ether oxygens (including phenoxy) is 1. The van der Waals surface area contributed by atoms with Crippen molar-refractivity contribution in [1.29, 1.82) is 0 Å². The number of anilines is 2. The van der Waals surface area contributed by atoms with E-state index in [1.54, 1.807) is 17.3 Å². The van der Waals surface area contributed by atoms with Crippen LogP contribution in [0.3, 0.4) is 0 Å². The summed E-state index contributed by atoms with van der Waals surface area (Å²) in [5.41, 5.74) is 1.20. The number of rotatable bonds is 6. The van der Waals surface area contributed by atoms with Gasteiger partial charge in [-0.2, -0.15) is 0 Å². The Kier molecular flexibility index (Phi) is 5.48. The van der Waals surface area contributed by atoms with Crippen molar-refractivity contribution >= 4 is 17.4 Å². The molecule has 0 bridgehead atoms. The Labute approximate surface area is 148 Å². The summed E-state index contributed by atoms with van der Waals surface area (Å²) in [4.78, 5) is 25.6. The van der Waals surface area contributed by atoms with Gasteiger partial charge in [-0.3, -0.25) is 9.78 Å². The third-order valence-corrected chi connectivity index (χ3v) is 4.29. The predicted octanol–water partition coefficient (Wildman–Crippen LogP) is 3.14. The summed E-state index contributed by atoms with van der Waals surface area (Å²) >= 11 is 0. The molecule has 0 unspecified atom stereocenters. The molecule has 1 aromatic heterocycles. The third-order valence-electron chi connectivity index (χ3n) is 4.29. The molecule has 2 aromatic rings. The van der Waals surface area contributed by atoms with Crippen LogP contribution in [-0.4, -0.2) is 42.1 Å². The topological polar surface area (TPSA) is 58.6 Å². The van der Waals surface area contributed by atoms with Crippen LogP contribution in [0.15, 0.2) is 36.7 Å². The van der Waals surface area contributed by atoms with E-state index in [1.165, 1.54) is 0 Å². The lowest BCUT2D eigenvalue weighted by atomic mass is 10.2. The highest BCUT2D eigenvalue weighted by molar-refractivity contribution is 6.04. The van der Waals surface area contributed by atoms with Crippen LogP contribution in [0, 0.1) is 0 Å². The van der Waals surface area contributed by atoms with E-state index in [1.807, 2.05) is 38.1 Å². The van der Waals surface area contributed by atoms with Crippen LogP contribution in [0.4, 0.5) is 11.5 Å². The van der Waals surface area contributed by atoms with Crippen LogP contribution in [0.1, 0.15) is 37.2 Å². The van der Waals surface area contributed by atoms with Crippen molar-refractivity contribution in [3.05, 3.63) is 42.4 Å². The fourth-order valence-corrected chi connectivity index (χ4v) is 3.03. The molecule has 1 aliphatic rings. The molecule has 2 heterocycles. The SMILES string of the molecule is CCOc1ccc(N(CC)C(=O)c2cncc(N3CCCC3)n2)cc1. The second-order valence-electron chi connectivity index (χ2n) is 5.93. The summed E-state index contributed by atoms with van der Waals surface area (Å²) in [5.74, 6) is 1.44.